The van der Waals surface area contributed by atoms with E-state index in [1.165, 1.54) is 132 Å². The molecule has 0 heterocycles. The van der Waals surface area contributed by atoms with E-state index in [2.05, 4.69) is 111 Å². The minimum Gasteiger partial charge on any atom is -0.493 e. The summed E-state index contributed by atoms with van der Waals surface area (Å²) in [4.78, 5) is 0. The van der Waals surface area contributed by atoms with Gasteiger partial charge in [-0.3, -0.25) is 0 Å². The van der Waals surface area contributed by atoms with Crippen LogP contribution in [0.25, 0.3) is 30.4 Å². The Hall–Kier alpha value is -3.52. The summed E-state index contributed by atoms with van der Waals surface area (Å²) in [5.41, 5.74) is 5.77. The van der Waals surface area contributed by atoms with Crippen molar-refractivity contribution in [1.82, 2.24) is 0 Å². The number of hydrogen-bond donors (Lipinski definition) is 0. The lowest BCUT2D eigenvalue weighted by Gasteiger charge is -2.12. The second kappa shape index (κ2) is 27.2. The summed E-state index contributed by atoms with van der Waals surface area (Å²) < 4.78 is 12.6. The van der Waals surface area contributed by atoms with Crippen LogP contribution in [-0.2, 0) is 0 Å². The van der Waals surface area contributed by atoms with Gasteiger partial charge in [-0.05, 0) is 52.8 Å². The van der Waals surface area contributed by atoms with Gasteiger partial charge in [0, 0.05) is 6.07 Å². The molecule has 272 valence electrons. The zero-order valence-electron chi connectivity index (χ0n) is 31.8. The second-order valence-electron chi connectivity index (χ2n) is 14.0. The molecule has 2 nitrogen and oxygen atoms in total. The van der Waals surface area contributed by atoms with Gasteiger partial charge in [0.15, 0.2) is 0 Å². The first-order chi connectivity index (χ1) is 24.7. The summed E-state index contributed by atoms with van der Waals surface area (Å²) in [5, 5.41) is 0. The van der Waals surface area contributed by atoms with Crippen LogP contribution >= 0.6 is 0 Å². The molecule has 0 aromatic heterocycles. The van der Waals surface area contributed by atoms with E-state index < -0.39 is 0 Å². The standard InChI is InChI=1S/C48H68O2/c1-4-7-9-11-13-15-17-19-21-23-37-49-47-39-46(40-48(41-47)50-38-24-22-20-18-16-14-12-10-8-5-2)36-35-45-33-31-44(32-34-45)30-29-43-27-25-42(6-3)26-28-43/h6,25-36,39-41H,3-5,7-24,37-38H2,1-2H3/b30-29+,36-35+. The molecule has 0 aliphatic carbocycles. The van der Waals surface area contributed by atoms with Gasteiger partial charge >= 0.3 is 0 Å². The van der Waals surface area contributed by atoms with Gasteiger partial charge in [-0.15, -0.1) is 0 Å². The number of ether oxygens (including phenoxy) is 2. The van der Waals surface area contributed by atoms with Crippen molar-refractivity contribution in [3.8, 4) is 11.5 Å². The smallest absolute Gasteiger partial charge is 0.123 e. The Labute approximate surface area is 307 Å². The van der Waals surface area contributed by atoms with Gasteiger partial charge in [-0.1, -0.05) is 215 Å². The molecule has 0 atom stereocenters. The molecule has 3 aromatic carbocycles. The molecule has 3 rings (SSSR count). The monoisotopic (exact) mass is 677 g/mol. The van der Waals surface area contributed by atoms with E-state index in [-0.39, 0.29) is 0 Å². The molecule has 0 radical (unpaired) electrons. The van der Waals surface area contributed by atoms with E-state index in [0.717, 1.165) is 48.7 Å². The molecule has 3 aromatic rings. The Bertz CT molecular complexity index is 1290. The highest BCUT2D eigenvalue weighted by molar-refractivity contribution is 5.74. The predicted molar refractivity (Wildman–Crippen MR) is 222 cm³/mol. The zero-order valence-corrected chi connectivity index (χ0v) is 31.8. The van der Waals surface area contributed by atoms with Crippen molar-refractivity contribution in [3.63, 3.8) is 0 Å². The molecule has 0 unspecified atom stereocenters. The largest absolute Gasteiger partial charge is 0.493 e. The fourth-order valence-corrected chi connectivity index (χ4v) is 6.26. The molecule has 0 aliphatic heterocycles. The van der Waals surface area contributed by atoms with Crippen LogP contribution in [0.2, 0.25) is 0 Å². The lowest BCUT2D eigenvalue weighted by atomic mass is 10.1. The molecule has 0 saturated heterocycles. The van der Waals surface area contributed by atoms with E-state index >= 15 is 0 Å². The van der Waals surface area contributed by atoms with E-state index in [4.69, 9.17) is 9.47 Å². The average molecular weight is 677 g/mol. The topological polar surface area (TPSA) is 18.5 Å². The summed E-state index contributed by atoms with van der Waals surface area (Å²) in [6, 6.07) is 23.5. The van der Waals surface area contributed by atoms with Crippen molar-refractivity contribution < 1.29 is 9.47 Å². The van der Waals surface area contributed by atoms with Gasteiger partial charge in [0.1, 0.15) is 11.5 Å². The minimum atomic E-state index is 0.759. The van der Waals surface area contributed by atoms with Crippen LogP contribution < -0.4 is 9.47 Å². The van der Waals surface area contributed by atoms with Crippen LogP contribution in [0.3, 0.4) is 0 Å². The van der Waals surface area contributed by atoms with Crippen molar-refractivity contribution in [2.75, 3.05) is 13.2 Å². The Balaban J connectivity index is 1.49. The summed E-state index contributed by atoms with van der Waals surface area (Å²) in [6.07, 6.45) is 37.1. The first-order valence-corrected chi connectivity index (χ1v) is 20.3. The summed E-state index contributed by atoms with van der Waals surface area (Å²) in [7, 11) is 0. The third-order valence-electron chi connectivity index (χ3n) is 9.48. The molecule has 0 spiro atoms. The van der Waals surface area contributed by atoms with E-state index in [0.29, 0.717) is 0 Å². The number of hydrogen-bond acceptors (Lipinski definition) is 2. The van der Waals surface area contributed by atoms with Crippen molar-refractivity contribution in [2.24, 2.45) is 0 Å². The third kappa shape index (κ3) is 19.0. The maximum absolute atomic E-state index is 6.28. The molecule has 2 heteroatoms. The van der Waals surface area contributed by atoms with Crippen LogP contribution in [0, 0.1) is 0 Å². The highest BCUT2D eigenvalue weighted by Gasteiger charge is 2.04. The Morgan fingerprint density at radius 2 is 0.680 bits per heavy atom. The van der Waals surface area contributed by atoms with Gasteiger partial charge in [0.25, 0.3) is 0 Å². The zero-order chi connectivity index (χ0) is 35.3. The lowest BCUT2D eigenvalue weighted by molar-refractivity contribution is 0.289. The van der Waals surface area contributed by atoms with Crippen molar-refractivity contribution in [3.05, 3.63) is 101 Å². The lowest BCUT2D eigenvalue weighted by Crippen LogP contribution is -2.00. The molecule has 0 saturated carbocycles. The van der Waals surface area contributed by atoms with Crippen molar-refractivity contribution >= 4 is 30.4 Å². The van der Waals surface area contributed by atoms with Gasteiger partial charge in [0.2, 0.25) is 0 Å². The Kier molecular flexibility index (Phi) is 22.3. The number of rotatable bonds is 29. The van der Waals surface area contributed by atoms with Gasteiger partial charge < -0.3 is 9.47 Å². The SMILES string of the molecule is C=Cc1ccc(/C=C/c2ccc(/C=C/c3cc(OCCCCCCCCCCCC)cc(OCCCCCCCCCCCC)c3)cc2)cc1. The summed E-state index contributed by atoms with van der Waals surface area (Å²) >= 11 is 0. The molecule has 0 amide bonds. The minimum absolute atomic E-state index is 0.759. The van der Waals surface area contributed by atoms with Crippen molar-refractivity contribution in [1.29, 1.82) is 0 Å². The van der Waals surface area contributed by atoms with Crippen LogP contribution in [0.4, 0.5) is 0 Å². The van der Waals surface area contributed by atoms with Crippen LogP contribution in [0.1, 0.15) is 170 Å². The van der Waals surface area contributed by atoms with Gasteiger partial charge in [0.05, 0.1) is 13.2 Å². The van der Waals surface area contributed by atoms with E-state index in [1.54, 1.807) is 0 Å². The summed E-state index contributed by atoms with van der Waals surface area (Å²) in [6.45, 7) is 9.92. The first kappa shape index (κ1) is 40.9. The van der Waals surface area contributed by atoms with Gasteiger partial charge in [-0.25, -0.2) is 0 Å². The van der Waals surface area contributed by atoms with Crippen LogP contribution in [-0.4, -0.2) is 13.2 Å². The Morgan fingerprint density at radius 3 is 1.02 bits per heavy atom. The fourth-order valence-electron chi connectivity index (χ4n) is 6.26. The van der Waals surface area contributed by atoms with Crippen LogP contribution in [0.15, 0.2) is 73.3 Å². The highest BCUT2D eigenvalue weighted by Crippen LogP contribution is 2.26. The fraction of sp³-hybridized carbons (Fsp3) is 0.500. The number of benzene rings is 3. The molecular weight excluding hydrogens is 609 g/mol. The highest BCUT2D eigenvalue weighted by atomic mass is 16.5. The molecule has 0 bridgehead atoms. The Morgan fingerprint density at radius 1 is 0.380 bits per heavy atom. The van der Waals surface area contributed by atoms with E-state index in [9.17, 15) is 0 Å². The predicted octanol–water partition coefficient (Wildman–Crippen LogP) is 15.3. The average Bonchev–Trinajstić information content (AvgIpc) is 3.15. The molecule has 0 fully saturated rings. The van der Waals surface area contributed by atoms with Crippen molar-refractivity contribution in [2.45, 2.75) is 142 Å². The molecule has 50 heavy (non-hydrogen) atoms. The maximum atomic E-state index is 6.28. The first-order valence-electron chi connectivity index (χ1n) is 20.3. The number of unbranched alkanes of at least 4 members (excludes halogenated alkanes) is 18. The molecule has 0 N–H and O–H groups in total. The maximum Gasteiger partial charge on any atom is 0.123 e. The van der Waals surface area contributed by atoms with Crippen LogP contribution in [0.5, 0.6) is 11.5 Å². The van der Waals surface area contributed by atoms with Gasteiger partial charge in [-0.2, -0.15) is 0 Å². The van der Waals surface area contributed by atoms with E-state index in [1.807, 2.05) is 6.08 Å². The summed E-state index contributed by atoms with van der Waals surface area (Å²) in [5.74, 6) is 1.81. The molecular formula is C48H68O2. The normalized spacial score (nSPS) is 11.5. The molecule has 0 aliphatic rings. The second-order valence-corrected chi connectivity index (χ2v) is 14.0. The third-order valence-corrected chi connectivity index (χ3v) is 9.48. The quantitative estimate of drug-likeness (QED) is 0.0538.